The van der Waals surface area contributed by atoms with E-state index in [4.69, 9.17) is 0 Å². The first-order valence-corrected chi connectivity index (χ1v) is 9.97. The highest BCUT2D eigenvalue weighted by Gasteiger charge is 2.07. The van der Waals surface area contributed by atoms with E-state index in [1.54, 1.807) is 17.1 Å². The molecule has 0 bridgehead atoms. The van der Waals surface area contributed by atoms with Crippen LogP contribution in [0.4, 0.5) is 5.82 Å². The summed E-state index contributed by atoms with van der Waals surface area (Å²) in [6, 6.07) is 12.1. The largest absolute Gasteiger partial charge is 0.310 e. The van der Waals surface area contributed by atoms with Gasteiger partial charge in [0, 0.05) is 30.6 Å². The summed E-state index contributed by atoms with van der Waals surface area (Å²) in [5.41, 5.74) is 4.32. The molecule has 146 valence electrons. The molecule has 2 aromatic heterocycles. The van der Waals surface area contributed by atoms with Gasteiger partial charge in [0.15, 0.2) is 0 Å². The highest BCUT2D eigenvalue weighted by molar-refractivity contribution is 5.91. The summed E-state index contributed by atoms with van der Waals surface area (Å²) in [5, 5.41) is 7.05. The number of benzene rings is 1. The van der Waals surface area contributed by atoms with Crippen LogP contribution in [0.2, 0.25) is 0 Å². The van der Waals surface area contributed by atoms with Crippen LogP contribution >= 0.6 is 0 Å². The Kier molecular flexibility index (Phi) is 6.95. The summed E-state index contributed by atoms with van der Waals surface area (Å²) < 4.78 is 1.75. The van der Waals surface area contributed by atoms with Crippen LogP contribution in [0.1, 0.15) is 43.7 Å². The van der Waals surface area contributed by atoms with Gasteiger partial charge in [0.1, 0.15) is 5.82 Å². The summed E-state index contributed by atoms with van der Waals surface area (Å²) in [5.74, 6) is 0.512. The van der Waals surface area contributed by atoms with E-state index in [2.05, 4.69) is 34.5 Å². The standard InChI is InChI=1S/C23H28N4O/c1-3-4-5-6-8-18-9-7-10-19(13-18)14-23(28)26-22-12-11-20(15-24-22)21-16-25-27(2)17-21/h7,9-13,15-17H,3-6,8,14H2,1-2H3,(H,24,26,28). The highest BCUT2D eigenvalue weighted by Crippen LogP contribution is 2.18. The molecule has 3 rings (SSSR count). The Labute approximate surface area is 166 Å². The number of aromatic nitrogens is 3. The van der Waals surface area contributed by atoms with Crippen molar-refractivity contribution in [1.29, 1.82) is 0 Å². The quantitative estimate of drug-likeness (QED) is 0.546. The van der Waals surface area contributed by atoms with Crippen LogP contribution in [0, 0.1) is 0 Å². The van der Waals surface area contributed by atoms with Crippen molar-refractivity contribution in [2.75, 3.05) is 5.32 Å². The van der Waals surface area contributed by atoms with Crippen LogP contribution in [0.25, 0.3) is 11.1 Å². The lowest BCUT2D eigenvalue weighted by Crippen LogP contribution is -2.15. The van der Waals surface area contributed by atoms with E-state index in [0.717, 1.165) is 23.1 Å². The minimum atomic E-state index is -0.0511. The number of anilines is 1. The van der Waals surface area contributed by atoms with Gasteiger partial charge in [-0.25, -0.2) is 4.98 Å². The first-order chi connectivity index (χ1) is 13.6. The van der Waals surface area contributed by atoms with Crippen molar-refractivity contribution in [3.8, 4) is 11.1 Å². The van der Waals surface area contributed by atoms with E-state index < -0.39 is 0 Å². The van der Waals surface area contributed by atoms with E-state index in [-0.39, 0.29) is 5.91 Å². The molecule has 0 fully saturated rings. The number of aryl methyl sites for hydroxylation is 2. The van der Waals surface area contributed by atoms with Crippen molar-refractivity contribution in [2.24, 2.45) is 7.05 Å². The molecule has 0 aliphatic heterocycles. The molecule has 28 heavy (non-hydrogen) atoms. The Morgan fingerprint density at radius 3 is 2.61 bits per heavy atom. The van der Waals surface area contributed by atoms with Gasteiger partial charge in [0.05, 0.1) is 12.6 Å². The SMILES string of the molecule is CCCCCCc1cccc(CC(=O)Nc2ccc(-c3cnn(C)c3)cn2)c1. The molecule has 5 nitrogen and oxygen atoms in total. The minimum Gasteiger partial charge on any atom is -0.310 e. The molecule has 0 radical (unpaired) electrons. The predicted octanol–water partition coefficient (Wildman–Crippen LogP) is 4.79. The van der Waals surface area contributed by atoms with Crippen molar-refractivity contribution in [1.82, 2.24) is 14.8 Å². The number of pyridine rings is 1. The molecule has 2 heterocycles. The molecule has 0 unspecified atom stereocenters. The Hall–Kier alpha value is -2.95. The lowest BCUT2D eigenvalue weighted by molar-refractivity contribution is -0.115. The van der Waals surface area contributed by atoms with Gasteiger partial charge in [-0.1, -0.05) is 50.5 Å². The van der Waals surface area contributed by atoms with Gasteiger partial charge in [-0.05, 0) is 36.1 Å². The third-order valence-corrected chi connectivity index (χ3v) is 4.74. The Balaban J connectivity index is 1.54. The van der Waals surface area contributed by atoms with E-state index >= 15 is 0 Å². The third-order valence-electron chi connectivity index (χ3n) is 4.74. The molecule has 1 amide bonds. The molecule has 0 aliphatic rings. The Bertz CT molecular complexity index is 899. The number of unbranched alkanes of at least 4 members (excludes halogenated alkanes) is 3. The van der Waals surface area contributed by atoms with Gasteiger partial charge in [-0.2, -0.15) is 5.10 Å². The third kappa shape index (κ3) is 5.78. The maximum atomic E-state index is 12.4. The summed E-state index contributed by atoms with van der Waals surface area (Å²) >= 11 is 0. The van der Waals surface area contributed by atoms with Crippen LogP contribution in [0.15, 0.2) is 55.0 Å². The minimum absolute atomic E-state index is 0.0511. The second kappa shape index (κ2) is 9.83. The summed E-state index contributed by atoms with van der Waals surface area (Å²) in [6.45, 7) is 2.22. The average molecular weight is 377 g/mol. The van der Waals surface area contributed by atoms with Crippen LogP contribution < -0.4 is 5.32 Å². The zero-order valence-electron chi connectivity index (χ0n) is 16.7. The van der Waals surface area contributed by atoms with Gasteiger partial charge in [-0.3, -0.25) is 9.48 Å². The molecule has 1 N–H and O–H groups in total. The lowest BCUT2D eigenvalue weighted by atomic mass is 10.0. The van der Waals surface area contributed by atoms with Crippen LogP contribution in [-0.4, -0.2) is 20.7 Å². The maximum Gasteiger partial charge on any atom is 0.229 e. The van der Waals surface area contributed by atoms with Gasteiger partial charge in [0.25, 0.3) is 0 Å². The fraction of sp³-hybridized carbons (Fsp3) is 0.348. The van der Waals surface area contributed by atoms with Gasteiger partial charge >= 0.3 is 0 Å². The second-order valence-electron chi connectivity index (χ2n) is 7.19. The number of nitrogens with one attached hydrogen (secondary N) is 1. The molecule has 0 aliphatic carbocycles. The number of hydrogen-bond donors (Lipinski definition) is 1. The van der Waals surface area contributed by atoms with E-state index in [0.29, 0.717) is 12.2 Å². The number of rotatable bonds is 9. The molecular formula is C23H28N4O. The van der Waals surface area contributed by atoms with E-state index in [9.17, 15) is 4.79 Å². The van der Waals surface area contributed by atoms with Gasteiger partial charge in [0.2, 0.25) is 5.91 Å². The van der Waals surface area contributed by atoms with E-state index in [1.165, 1.54) is 31.2 Å². The molecule has 0 saturated carbocycles. The number of hydrogen-bond acceptors (Lipinski definition) is 3. The zero-order valence-corrected chi connectivity index (χ0v) is 16.7. The molecule has 0 atom stereocenters. The summed E-state index contributed by atoms with van der Waals surface area (Å²) in [6.07, 6.45) is 11.9. The monoisotopic (exact) mass is 376 g/mol. The smallest absolute Gasteiger partial charge is 0.229 e. The second-order valence-corrected chi connectivity index (χ2v) is 7.19. The number of amides is 1. The number of carbonyl (C=O) groups is 1. The van der Waals surface area contributed by atoms with Crippen LogP contribution in [0.5, 0.6) is 0 Å². The highest BCUT2D eigenvalue weighted by atomic mass is 16.1. The molecule has 5 heteroatoms. The summed E-state index contributed by atoms with van der Waals surface area (Å²) in [4.78, 5) is 16.7. The maximum absolute atomic E-state index is 12.4. The molecule has 0 spiro atoms. The van der Waals surface area contributed by atoms with Gasteiger partial charge in [-0.15, -0.1) is 0 Å². The topological polar surface area (TPSA) is 59.8 Å². The van der Waals surface area contributed by atoms with Crippen LogP contribution in [0.3, 0.4) is 0 Å². The van der Waals surface area contributed by atoms with E-state index in [1.807, 2.05) is 37.5 Å². The fourth-order valence-corrected chi connectivity index (χ4v) is 3.23. The molecule has 0 saturated heterocycles. The number of nitrogens with zero attached hydrogens (tertiary/aromatic N) is 3. The number of carbonyl (C=O) groups excluding carboxylic acids is 1. The van der Waals surface area contributed by atoms with Crippen molar-refractivity contribution in [3.05, 3.63) is 66.1 Å². The zero-order chi connectivity index (χ0) is 19.8. The summed E-state index contributed by atoms with van der Waals surface area (Å²) in [7, 11) is 1.88. The Morgan fingerprint density at radius 2 is 1.89 bits per heavy atom. The van der Waals surface area contributed by atoms with Crippen molar-refractivity contribution < 1.29 is 4.79 Å². The van der Waals surface area contributed by atoms with Crippen molar-refractivity contribution >= 4 is 11.7 Å². The molecular weight excluding hydrogens is 348 g/mol. The fourth-order valence-electron chi connectivity index (χ4n) is 3.23. The first-order valence-electron chi connectivity index (χ1n) is 9.97. The predicted molar refractivity (Wildman–Crippen MR) is 113 cm³/mol. The van der Waals surface area contributed by atoms with Crippen LogP contribution in [-0.2, 0) is 24.7 Å². The molecule has 1 aromatic carbocycles. The van der Waals surface area contributed by atoms with Crippen molar-refractivity contribution in [3.63, 3.8) is 0 Å². The first kappa shape index (κ1) is 19.8. The lowest BCUT2D eigenvalue weighted by Gasteiger charge is -2.07. The van der Waals surface area contributed by atoms with Gasteiger partial charge < -0.3 is 5.32 Å². The van der Waals surface area contributed by atoms with Crippen molar-refractivity contribution in [2.45, 2.75) is 45.4 Å². The average Bonchev–Trinajstić information content (AvgIpc) is 3.12. The Morgan fingerprint density at radius 1 is 1.04 bits per heavy atom. The molecule has 3 aromatic rings. The normalized spacial score (nSPS) is 10.8.